The lowest BCUT2D eigenvalue weighted by Crippen LogP contribution is -2.29. The highest BCUT2D eigenvalue weighted by Crippen LogP contribution is 2.37. The molecule has 0 spiro atoms. The smallest absolute Gasteiger partial charge is 0.283 e. The van der Waals surface area contributed by atoms with Gasteiger partial charge in [-0.3, -0.25) is 87.5 Å². The van der Waals surface area contributed by atoms with Crippen LogP contribution in [0.4, 0.5) is 8.78 Å². The Morgan fingerprint density at radius 1 is 0.350 bits per heavy atom. The van der Waals surface area contributed by atoms with Gasteiger partial charge in [0.2, 0.25) is 0 Å². The van der Waals surface area contributed by atoms with E-state index in [-0.39, 0.29) is 81.7 Å². The molecule has 12 aromatic heterocycles. The molecule has 1 aliphatic carbocycles. The quantitative estimate of drug-likeness (QED) is 0.0389. The first-order valence-electron chi connectivity index (χ1n) is 49.2. The van der Waals surface area contributed by atoms with Gasteiger partial charge in [-0.2, -0.15) is 66.4 Å². The maximum Gasteiger partial charge on any atom is 0.283 e. The summed E-state index contributed by atoms with van der Waals surface area (Å²) in [5.41, 5.74) is 16.8. The molecule has 6 fully saturated rings. The Morgan fingerprint density at radius 2 is 0.636 bits per heavy atom. The van der Waals surface area contributed by atoms with E-state index in [0.717, 1.165) is 143 Å². The lowest BCUT2D eigenvalue weighted by Gasteiger charge is -2.15. The number of H-pyrrole nitrogens is 6. The zero-order valence-electron chi connectivity index (χ0n) is 83.6. The molecule has 6 aliphatic heterocycles. The van der Waals surface area contributed by atoms with Crippen molar-refractivity contribution in [2.24, 2.45) is 0 Å². The molecule has 7 aliphatic rings. The SMILES string of the molecule is CC(C)c1cc(C(=O)N2CCC(n3cc(Br)c(C#N)n3)C2)n[nH]1.CC(C)c1cc(C(=O)N2CCC(n3cc(Br)c(C(C)C)n3)C2)n[nH]1.CC(C)c1cc(C(=O)N2CCC(n3cc(Br)c(C(F)F)n3)C2)n[nH]1.CC(C)c1cc(C(=O)N2CCC(n3cc4c(n3)CCC4)C2)n[nH]1.Cc1nn(C2CCN(C(=O)c3cc(C(C)C)[nH]n3)C2)cc1-c1ccccc1.Cc1nn(C2CCN(C(=O)c3cc(C(C)C)[nH]n3)C2)cc1Br. The number of amides is 6. The monoisotopic (exact) mass is 2210 g/mol. The first-order chi connectivity index (χ1) is 68.3. The molecule has 37 nitrogen and oxygen atoms in total. The van der Waals surface area contributed by atoms with Gasteiger partial charge in [0, 0.05) is 155 Å². The van der Waals surface area contributed by atoms with E-state index in [2.05, 4.69) is 252 Å². The predicted molar refractivity (Wildman–Crippen MR) is 548 cm³/mol. The van der Waals surface area contributed by atoms with Gasteiger partial charge in [0.15, 0.2) is 5.69 Å². The average Bonchev–Trinajstić information content (AvgIpc) is 1.61. The number of rotatable bonds is 21. The van der Waals surface area contributed by atoms with Gasteiger partial charge in [-0.1, -0.05) is 127 Å². The third-order valence-corrected chi connectivity index (χ3v) is 29.7. The molecule has 760 valence electrons. The van der Waals surface area contributed by atoms with Gasteiger partial charge >= 0.3 is 0 Å². The van der Waals surface area contributed by atoms with Crippen molar-refractivity contribution in [3.05, 3.63) is 230 Å². The Morgan fingerprint density at radius 3 is 0.909 bits per heavy atom. The van der Waals surface area contributed by atoms with Crippen molar-refractivity contribution in [3.63, 3.8) is 0 Å². The van der Waals surface area contributed by atoms with Crippen molar-refractivity contribution in [1.29, 1.82) is 5.26 Å². The van der Waals surface area contributed by atoms with Crippen LogP contribution >= 0.6 is 63.7 Å². The molecule has 6 amide bonds. The molecule has 0 bridgehead atoms. The molecular formula is C100H127Br4F2N31O6. The number of nitriles is 1. The second kappa shape index (κ2) is 46.3. The predicted octanol–water partition coefficient (Wildman–Crippen LogP) is 18.7. The largest absolute Gasteiger partial charge is 0.335 e. The lowest BCUT2D eigenvalue weighted by molar-refractivity contribution is 0.0773. The third-order valence-electron chi connectivity index (χ3n) is 27.2. The van der Waals surface area contributed by atoms with Crippen LogP contribution in [0.3, 0.4) is 0 Å². The molecule has 18 heterocycles. The van der Waals surface area contributed by atoms with E-state index in [1.807, 2.05) is 128 Å². The first-order valence-corrected chi connectivity index (χ1v) is 52.4. The summed E-state index contributed by atoms with van der Waals surface area (Å²) in [7, 11) is 0. The second-order valence-electron chi connectivity index (χ2n) is 39.9. The summed E-state index contributed by atoms with van der Waals surface area (Å²) in [5, 5.41) is 78.3. The van der Waals surface area contributed by atoms with Crippen LogP contribution in [0, 0.1) is 25.2 Å². The van der Waals surface area contributed by atoms with Crippen molar-refractivity contribution in [1.82, 2.24) is 149 Å². The molecule has 6 saturated heterocycles. The highest BCUT2D eigenvalue weighted by molar-refractivity contribution is 9.11. The van der Waals surface area contributed by atoms with E-state index >= 15 is 0 Å². The maximum absolute atomic E-state index is 12.8. The van der Waals surface area contributed by atoms with E-state index in [4.69, 9.17) is 20.6 Å². The van der Waals surface area contributed by atoms with E-state index in [0.29, 0.717) is 138 Å². The topological polar surface area (TPSA) is 425 Å². The number of halogens is 6. The summed E-state index contributed by atoms with van der Waals surface area (Å²) in [4.78, 5) is 86.6. The lowest BCUT2D eigenvalue weighted by atomic mass is 10.1. The Kier molecular flexibility index (Phi) is 34.0. The van der Waals surface area contributed by atoms with Crippen LogP contribution < -0.4 is 0 Å². The number of nitrogens with one attached hydrogen (secondary N) is 6. The van der Waals surface area contributed by atoms with Crippen molar-refractivity contribution >= 4 is 99.2 Å². The van der Waals surface area contributed by atoms with Crippen LogP contribution in [-0.2, 0) is 12.8 Å². The van der Waals surface area contributed by atoms with Gasteiger partial charge in [0.05, 0.1) is 76.9 Å². The second-order valence-corrected chi connectivity index (χ2v) is 43.3. The van der Waals surface area contributed by atoms with Crippen LogP contribution in [0.25, 0.3) is 11.1 Å². The molecular weight excluding hydrogens is 2090 g/mol. The van der Waals surface area contributed by atoms with Crippen LogP contribution in [0.2, 0.25) is 0 Å². The summed E-state index contributed by atoms with van der Waals surface area (Å²) in [5.74, 6) is 2.08. The Bertz CT molecular complexity index is 6460. The number of likely N-dealkylation sites (tertiary alicyclic amines) is 6. The molecule has 0 saturated carbocycles. The fraction of sp³-hybridized carbons (Fsp3) is 0.510. The van der Waals surface area contributed by atoms with Gasteiger partial charge in [-0.05, 0) is 224 Å². The molecule has 1 aromatic carbocycles. The number of carbonyl (C=O) groups is 6. The normalized spacial score (nSPS) is 18.3. The number of aromatic nitrogens is 24. The molecule has 143 heavy (non-hydrogen) atoms. The molecule has 6 atom stereocenters. The van der Waals surface area contributed by atoms with Gasteiger partial charge in [-0.15, -0.1) is 0 Å². The van der Waals surface area contributed by atoms with Gasteiger partial charge in [0.1, 0.15) is 45.9 Å². The number of hydrogen-bond acceptors (Lipinski definition) is 19. The maximum atomic E-state index is 12.8. The van der Waals surface area contributed by atoms with E-state index < -0.39 is 6.43 Å². The van der Waals surface area contributed by atoms with Crippen molar-refractivity contribution in [3.8, 4) is 17.2 Å². The average molecular weight is 2220 g/mol. The molecule has 0 radical (unpaired) electrons. The molecule has 43 heteroatoms. The fourth-order valence-corrected chi connectivity index (χ4v) is 20.2. The number of aromatic amines is 6. The van der Waals surface area contributed by atoms with Crippen molar-refractivity contribution in [2.45, 2.75) is 253 Å². The van der Waals surface area contributed by atoms with Gasteiger partial charge in [0.25, 0.3) is 41.9 Å². The van der Waals surface area contributed by atoms with Crippen LogP contribution in [-0.4, -0.2) is 263 Å². The number of hydrogen-bond donors (Lipinski definition) is 6. The number of aryl methyl sites for hydroxylation is 4. The van der Waals surface area contributed by atoms with Gasteiger partial charge < -0.3 is 29.4 Å². The minimum Gasteiger partial charge on any atom is -0.335 e. The third kappa shape index (κ3) is 24.9. The van der Waals surface area contributed by atoms with Gasteiger partial charge in [-0.25, -0.2) is 8.78 Å². The fourth-order valence-electron chi connectivity index (χ4n) is 18.3. The molecule has 20 rings (SSSR count). The highest BCUT2D eigenvalue weighted by Gasteiger charge is 2.39. The van der Waals surface area contributed by atoms with Crippen LogP contribution in [0.15, 0.2) is 122 Å². The standard InChI is InChI=1S/C21H25N5O.C17H24BrN5O.C17H23N5O.C15H18BrF2N5O.C15H17BrN6O.C15H20BrN5O/c1-14(2)19-11-20(23-22-19)21(27)25-10-9-17(12-25)26-13-18(15(3)24-26)16-7-5-4-6-8-16;1-10(2)14-7-15(20-19-14)17(24)22-6-5-12(8-22)23-9-13(18)16(21-23)11(3)4;1-11(2)15-8-16(19-18-15)17(23)21-7-6-13(10-21)22-9-12-4-3-5-14(12)20-22;1-8(2)11-5-12(20-19-11)15(24)22-4-3-9(6-22)23-7-10(16)13(21-23)14(17)18;1-9(2)12-5-13(19-18-12)15(23)21-4-3-10(7-21)22-8-11(16)14(6-17)20-22;1-9(2)13-6-14(18-17-13)15(22)20-5-4-11(7-20)21-8-12(16)10(3)19-21/h4-8,11,13-14,17H,9-10,12H2,1-3H3,(H,22,23);7,9-12H,5-6,8H2,1-4H3,(H,19,20);8-9,11,13H,3-7,10H2,1-2H3,(H,18,19);5,7-9,14H,3-4,6H2,1-2H3,(H,19,20);5,8-10H,3-4,7H2,1-2H3,(H,18,19);6,8-9,11H,4-5,7H2,1-3H3,(H,17,18). The van der Waals surface area contributed by atoms with Crippen LogP contribution in [0.1, 0.15) is 363 Å². The summed E-state index contributed by atoms with van der Waals surface area (Å²) in [6.07, 6.45) is 17.7. The van der Waals surface area contributed by atoms with E-state index in [1.54, 1.807) is 32.9 Å². The Balaban J connectivity index is 0.000000129. The van der Waals surface area contributed by atoms with E-state index in [1.165, 1.54) is 27.9 Å². The number of benzene rings is 1. The minimum absolute atomic E-state index is 0.00375. The Labute approximate surface area is 863 Å². The zero-order chi connectivity index (χ0) is 102. The number of fused-ring (bicyclic) bond motifs is 1. The molecule has 13 aromatic rings. The van der Waals surface area contributed by atoms with Crippen LogP contribution in [0.5, 0.6) is 0 Å². The molecule has 6 N–H and O–H groups in total. The Hall–Kier alpha value is -12.2. The first kappa shape index (κ1) is 105. The zero-order valence-corrected chi connectivity index (χ0v) is 90.0. The number of alkyl halides is 2. The van der Waals surface area contributed by atoms with Crippen molar-refractivity contribution in [2.75, 3.05) is 78.5 Å². The van der Waals surface area contributed by atoms with E-state index in [9.17, 15) is 37.5 Å². The highest BCUT2D eigenvalue weighted by atomic mass is 79.9. The number of nitrogens with zero attached hydrogens (tertiary/aromatic N) is 25. The summed E-state index contributed by atoms with van der Waals surface area (Å²) in [6.45, 7) is 41.0. The summed E-state index contributed by atoms with van der Waals surface area (Å²) in [6, 6.07) is 24.3. The molecule has 6 unspecified atom stereocenters. The minimum atomic E-state index is -2.63. The van der Waals surface area contributed by atoms with Crippen molar-refractivity contribution < 1.29 is 37.5 Å². The number of carbonyl (C=O) groups excluding carboxylic acids is 6. The summed E-state index contributed by atoms with van der Waals surface area (Å²) >= 11 is 13.5. The summed E-state index contributed by atoms with van der Waals surface area (Å²) < 4.78 is 40.0.